The molecular weight excluding hydrogens is 384 g/mol. The summed E-state index contributed by atoms with van der Waals surface area (Å²) in [5, 5.41) is 22.6. The third-order valence-electron chi connectivity index (χ3n) is 5.51. The topological polar surface area (TPSA) is 124 Å². The maximum Gasteiger partial charge on any atom is 0.274 e. The van der Waals surface area contributed by atoms with Crippen molar-refractivity contribution in [2.45, 2.75) is 25.1 Å². The minimum Gasteiger partial charge on any atom is -0.505 e. The molecule has 2 fully saturated rings. The number of nitrogens with zero attached hydrogens (tertiary/aromatic N) is 5. The fourth-order valence-corrected chi connectivity index (χ4v) is 3.94. The van der Waals surface area contributed by atoms with Crippen LogP contribution in [0.2, 0.25) is 0 Å². The Morgan fingerprint density at radius 3 is 2.90 bits per heavy atom. The van der Waals surface area contributed by atoms with Crippen molar-refractivity contribution in [3.05, 3.63) is 53.6 Å². The van der Waals surface area contributed by atoms with Gasteiger partial charge in [0.1, 0.15) is 17.6 Å². The Balaban J connectivity index is 1.34. The zero-order chi connectivity index (χ0) is 20.7. The van der Waals surface area contributed by atoms with Gasteiger partial charge in [-0.15, -0.1) is 0 Å². The van der Waals surface area contributed by atoms with E-state index in [1.807, 2.05) is 12.1 Å². The second-order valence-corrected chi connectivity index (χ2v) is 7.40. The van der Waals surface area contributed by atoms with Gasteiger partial charge in [-0.3, -0.25) is 4.79 Å². The predicted octanol–water partition coefficient (Wildman–Crippen LogP) is 1.51. The van der Waals surface area contributed by atoms with Gasteiger partial charge in [-0.05, 0) is 30.2 Å². The molecule has 30 heavy (non-hydrogen) atoms. The number of hydrogen-bond donors (Lipinski definition) is 2. The van der Waals surface area contributed by atoms with Crippen LogP contribution in [-0.4, -0.2) is 51.3 Å². The van der Waals surface area contributed by atoms with Crippen LogP contribution in [0.4, 0.5) is 5.82 Å². The summed E-state index contributed by atoms with van der Waals surface area (Å²) < 4.78 is 5.63. The summed E-state index contributed by atoms with van der Waals surface area (Å²) in [7, 11) is 0. The summed E-state index contributed by atoms with van der Waals surface area (Å²) in [5.41, 5.74) is 1.51. The number of fused-ring (bicyclic) bond motifs is 3. The second kappa shape index (κ2) is 7.24. The fourth-order valence-electron chi connectivity index (χ4n) is 3.94. The van der Waals surface area contributed by atoms with E-state index in [4.69, 9.17) is 10.00 Å². The van der Waals surface area contributed by atoms with E-state index in [-0.39, 0.29) is 24.1 Å². The molecule has 9 heteroatoms. The van der Waals surface area contributed by atoms with E-state index in [1.54, 1.807) is 18.2 Å². The molecule has 3 aromatic heterocycles. The van der Waals surface area contributed by atoms with Gasteiger partial charge >= 0.3 is 0 Å². The number of anilines is 1. The van der Waals surface area contributed by atoms with E-state index >= 15 is 0 Å². The van der Waals surface area contributed by atoms with Crippen molar-refractivity contribution < 1.29 is 14.6 Å². The minimum absolute atomic E-state index is 0.0627. The molecule has 2 bridgehead atoms. The molecule has 0 spiro atoms. The molecule has 9 nitrogen and oxygen atoms in total. The van der Waals surface area contributed by atoms with Gasteiger partial charge in [0.05, 0.1) is 30.5 Å². The number of rotatable bonds is 4. The van der Waals surface area contributed by atoms with Crippen LogP contribution in [-0.2, 0) is 11.3 Å². The van der Waals surface area contributed by atoms with Crippen molar-refractivity contribution in [2.75, 3.05) is 18.1 Å². The first kappa shape index (κ1) is 18.3. The monoisotopic (exact) mass is 402 g/mol. The number of ether oxygens (including phenoxy) is 1. The first-order valence-electron chi connectivity index (χ1n) is 9.62. The Labute approximate surface area is 172 Å². The summed E-state index contributed by atoms with van der Waals surface area (Å²) in [6.07, 6.45) is 4.29. The molecule has 0 aromatic carbocycles. The second-order valence-electron chi connectivity index (χ2n) is 7.40. The van der Waals surface area contributed by atoms with E-state index < -0.39 is 5.91 Å². The molecule has 0 unspecified atom stereocenters. The maximum atomic E-state index is 12.5. The van der Waals surface area contributed by atoms with Gasteiger partial charge in [-0.25, -0.2) is 15.0 Å². The lowest BCUT2D eigenvalue weighted by Crippen LogP contribution is -2.37. The number of aromatic hydroxyl groups is 1. The highest BCUT2D eigenvalue weighted by Gasteiger charge is 2.39. The van der Waals surface area contributed by atoms with E-state index in [0.29, 0.717) is 29.2 Å². The van der Waals surface area contributed by atoms with Gasteiger partial charge in [0.2, 0.25) is 0 Å². The molecule has 2 aliphatic heterocycles. The minimum atomic E-state index is -0.503. The molecule has 2 saturated heterocycles. The highest BCUT2D eigenvalue weighted by Crippen LogP contribution is 2.34. The summed E-state index contributed by atoms with van der Waals surface area (Å²) >= 11 is 0. The number of aromatic nitrogens is 3. The Hall–Kier alpha value is -3.77. The van der Waals surface area contributed by atoms with E-state index in [0.717, 1.165) is 24.3 Å². The van der Waals surface area contributed by atoms with E-state index in [9.17, 15) is 9.90 Å². The lowest BCUT2D eigenvalue weighted by Gasteiger charge is -2.28. The number of hydrogen-bond acceptors (Lipinski definition) is 8. The summed E-state index contributed by atoms with van der Waals surface area (Å²) in [4.78, 5) is 27.5. The van der Waals surface area contributed by atoms with Gasteiger partial charge < -0.3 is 20.1 Å². The average molecular weight is 402 g/mol. The number of pyridine rings is 3. The van der Waals surface area contributed by atoms with Gasteiger partial charge in [0.15, 0.2) is 11.4 Å². The number of morpholine rings is 1. The van der Waals surface area contributed by atoms with Crippen LogP contribution in [0.5, 0.6) is 5.75 Å². The first-order chi connectivity index (χ1) is 14.6. The Morgan fingerprint density at radius 1 is 1.30 bits per heavy atom. The van der Waals surface area contributed by atoms with E-state index in [1.165, 1.54) is 12.4 Å². The molecular formula is C21H18N6O3. The Bertz CT molecular complexity index is 1170. The van der Waals surface area contributed by atoms with Gasteiger partial charge in [-0.1, -0.05) is 6.07 Å². The Morgan fingerprint density at radius 2 is 2.20 bits per heavy atom. The van der Waals surface area contributed by atoms with Crippen LogP contribution in [0.3, 0.4) is 0 Å². The zero-order valence-electron chi connectivity index (χ0n) is 15.9. The van der Waals surface area contributed by atoms with Crippen LogP contribution in [0.25, 0.3) is 10.9 Å². The van der Waals surface area contributed by atoms with Gasteiger partial charge in [-0.2, -0.15) is 5.26 Å². The molecule has 0 radical (unpaired) electrons. The average Bonchev–Trinajstić information content (AvgIpc) is 3.42. The van der Waals surface area contributed by atoms with Crippen molar-refractivity contribution in [2.24, 2.45) is 0 Å². The fraction of sp³-hybridized carbons (Fsp3) is 0.286. The van der Waals surface area contributed by atoms with Crippen molar-refractivity contribution in [3.63, 3.8) is 0 Å². The van der Waals surface area contributed by atoms with Crippen LogP contribution in [0.15, 0.2) is 36.7 Å². The number of carbonyl (C=O) groups excluding carboxylic acids is 1. The highest BCUT2D eigenvalue weighted by molar-refractivity contribution is 6.00. The quantitative estimate of drug-likeness (QED) is 0.673. The molecule has 1 amide bonds. The molecule has 2 atom stereocenters. The van der Waals surface area contributed by atoms with Gasteiger partial charge in [0.25, 0.3) is 5.91 Å². The largest absolute Gasteiger partial charge is 0.505 e. The summed E-state index contributed by atoms with van der Waals surface area (Å²) in [6.45, 7) is 1.72. The molecule has 2 aliphatic rings. The molecule has 5 rings (SSSR count). The third-order valence-corrected chi connectivity index (χ3v) is 5.51. The van der Waals surface area contributed by atoms with Crippen molar-refractivity contribution in [1.82, 2.24) is 20.3 Å². The van der Waals surface area contributed by atoms with Gasteiger partial charge in [0, 0.05) is 24.7 Å². The smallest absolute Gasteiger partial charge is 0.274 e. The standard InChI is InChI=1S/C21H18N6O3/c22-6-13-2-1-12(7-23-13)8-25-21(29)19-20(28)16-3-4-18(26-17(16)9-24-19)27-10-15-5-14(27)11-30-15/h1-4,7,9,14-15,28H,5,8,10-11H2,(H,25,29)/t14-,15-/m0/s1. The van der Waals surface area contributed by atoms with Crippen LogP contribution >= 0.6 is 0 Å². The van der Waals surface area contributed by atoms with E-state index in [2.05, 4.69) is 25.2 Å². The van der Waals surface area contributed by atoms with Crippen LogP contribution in [0, 0.1) is 11.3 Å². The van der Waals surface area contributed by atoms with Crippen molar-refractivity contribution in [3.8, 4) is 11.8 Å². The van der Waals surface area contributed by atoms with Crippen LogP contribution < -0.4 is 10.2 Å². The SMILES string of the molecule is N#Cc1ccc(CNC(=O)c2ncc3nc(N4C[C@@H]5C[C@H]4CO5)ccc3c2O)cn1. The van der Waals surface area contributed by atoms with Crippen molar-refractivity contribution in [1.29, 1.82) is 5.26 Å². The van der Waals surface area contributed by atoms with Crippen molar-refractivity contribution >= 4 is 22.6 Å². The third kappa shape index (κ3) is 3.17. The number of nitriles is 1. The molecule has 0 saturated carbocycles. The molecule has 3 aromatic rings. The predicted molar refractivity (Wildman–Crippen MR) is 107 cm³/mol. The molecule has 150 valence electrons. The summed E-state index contributed by atoms with van der Waals surface area (Å²) in [5.74, 6) is 0.120. The number of nitrogens with one attached hydrogen (secondary N) is 1. The zero-order valence-corrected chi connectivity index (χ0v) is 15.9. The normalized spacial score (nSPS) is 19.8. The molecule has 2 N–H and O–H groups in total. The lowest BCUT2D eigenvalue weighted by atomic mass is 10.2. The maximum absolute atomic E-state index is 12.5. The highest BCUT2D eigenvalue weighted by atomic mass is 16.5. The number of carbonyl (C=O) groups is 1. The number of amides is 1. The van der Waals surface area contributed by atoms with Crippen LogP contribution in [0.1, 0.15) is 28.2 Å². The first-order valence-corrected chi connectivity index (χ1v) is 9.62. The molecule has 0 aliphatic carbocycles. The Kier molecular flexibility index (Phi) is 4.41. The lowest BCUT2D eigenvalue weighted by molar-refractivity contribution is 0.0943. The summed E-state index contributed by atoms with van der Waals surface area (Å²) in [6, 6.07) is 9.19. The molecule has 5 heterocycles.